The first-order chi connectivity index (χ1) is 7.79. The molecular weight excluding hydrogens is 222 g/mol. The first-order valence-electron chi connectivity index (χ1n) is 5.17. The summed E-state index contributed by atoms with van der Waals surface area (Å²) in [7, 11) is 1.93. The average molecular weight is 236 g/mol. The fourth-order valence-electron chi connectivity index (χ4n) is 1.65. The molecule has 1 aromatic carbocycles. The summed E-state index contributed by atoms with van der Waals surface area (Å²) < 4.78 is 2.11. The van der Waals surface area contributed by atoms with Crippen molar-refractivity contribution >= 4 is 11.6 Å². The molecule has 0 spiro atoms. The first kappa shape index (κ1) is 11.2. The number of aromatic nitrogens is 2. The van der Waals surface area contributed by atoms with Gasteiger partial charge in [-0.1, -0.05) is 23.7 Å². The van der Waals surface area contributed by atoms with E-state index in [0.29, 0.717) is 0 Å². The first-order valence-corrected chi connectivity index (χ1v) is 5.55. The zero-order valence-corrected chi connectivity index (χ0v) is 9.91. The molecule has 1 aromatic heterocycles. The molecule has 4 heteroatoms. The maximum absolute atomic E-state index is 5.95. The highest BCUT2D eigenvalue weighted by atomic mass is 35.5. The Hall–Kier alpha value is -1.32. The minimum absolute atomic E-state index is 0.771. The summed E-state index contributed by atoms with van der Waals surface area (Å²) in [5.74, 6) is 0. The quantitative estimate of drug-likeness (QED) is 0.882. The van der Waals surface area contributed by atoms with Gasteiger partial charge < -0.3 is 9.88 Å². The predicted molar refractivity (Wildman–Crippen MR) is 65.5 cm³/mol. The molecule has 0 saturated heterocycles. The SMILES string of the molecule is CNCc1cncn1Cc1cccc(Cl)c1. The Labute approximate surface area is 100 Å². The molecule has 0 bridgehead atoms. The van der Waals surface area contributed by atoms with Crippen LogP contribution in [0.15, 0.2) is 36.8 Å². The molecule has 16 heavy (non-hydrogen) atoms. The van der Waals surface area contributed by atoms with E-state index in [1.807, 2.05) is 37.8 Å². The number of benzene rings is 1. The largest absolute Gasteiger partial charge is 0.329 e. The van der Waals surface area contributed by atoms with Gasteiger partial charge in [0.1, 0.15) is 0 Å². The minimum Gasteiger partial charge on any atom is -0.329 e. The van der Waals surface area contributed by atoms with Crippen molar-refractivity contribution in [2.45, 2.75) is 13.1 Å². The molecule has 0 radical (unpaired) electrons. The summed E-state index contributed by atoms with van der Waals surface area (Å²) in [6, 6.07) is 7.89. The van der Waals surface area contributed by atoms with Gasteiger partial charge in [0.15, 0.2) is 0 Å². The number of nitrogens with one attached hydrogen (secondary N) is 1. The minimum atomic E-state index is 0.771. The van der Waals surface area contributed by atoms with Gasteiger partial charge in [-0.15, -0.1) is 0 Å². The van der Waals surface area contributed by atoms with Crippen LogP contribution < -0.4 is 5.32 Å². The van der Waals surface area contributed by atoms with Crippen LogP contribution in [-0.4, -0.2) is 16.6 Å². The Bertz CT molecular complexity index is 465. The number of halogens is 1. The summed E-state index contributed by atoms with van der Waals surface area (Å²) in [4.78, 5) is 4.15. The molecule has 84 valence electrons. The van der Waals surface area contributed by atoms with Crippen LogP contribution >= 0.6 is 11.6 Å². The lowest BCUT2D eigenvalue weighted by Crippen LogP contribution is -2.11. The maximum Gasteiger partial charge on any atom is 0.0951 e. The molecule has 0 aliphatic heterocycles. The van der Waals surface area contributed by atoms with E-state index in [-0.39, 0.29) is 0 Å². The Morgan fingerprint density at radius 3 is 3.06 bits per heavy atom. The Kier molecular flexibility index (Phi) is 3.59. The van der Waals surface area contributed by atoms with Gasteiger partial charge in [0.25, 0.3) is 0 Å². The van der Waals surface area contributed by atoms with Gasteiger partial charge in [-0.25, -0.2) is 4.98 Å². The average Bonchev–Trinajstić information content (AvgIpc) is 2.66. The van der Waals surface area contributed by atoms with Gasteiger partial charge in [0, 0.05) is 24.3 Å². The second-order valence-electron chi connectivity index (χ2n) is 3.67. The molecule has 0 fully saturated rings. The summed E-state index contributed by atoms with van der Waals surface area (Å²) in [5.41, 5.74) is 2.35. The van der Waals surface area contributed by atoms with E-state index in [0.717, 1.165) is 18.1 Å². The number of imidazole rings is 1. The standard InChI is InChI=1S/C12H14ClN3/c1-14-6-12-7-15-9-16(12)8-10-3-2-4-11(13)5-10/h2-5,7,9,14H,6,8H2,1H3. The highest BCUT2D eigenvalue weighted by Gasteiger charge is 2.02. The van der Waals surface area contributed by atoms with Crippen LogP contribution in [-0.2, 0) is 13.1 Å². The zero-order chi connectivity index (χ0) is 11.4. The molecule has 2 rings (SSSR count). The third-order valence-electron chi connectivity index (χ3n) is 2.40. The van der Waals surface area contributed by atoms with Crippen molar-refractivity contribution in [3.05, 3.63) is 53.1 Å². The molecule has 1 heterocycles. The van der Waals surface area contributed by atoms with Gasteiger partial charge >= 0.3 is 0 Å². The van der Waals surface area contributed by atoms with Gasteiger partial charge in [-0.05, 0) is 24.7 Å². The van der Waals surface area contributed by atoms with E-state index in [4.69, 9.17) is 11.6 Å². The van der Waals surface area contributed by atoms with E-state index >= 15 is 0 Å². The van der Waals surface area contributed by atoms with Gasteiger partial charge in [-0.2, -0.15) is 0 Å². The molecule has 0 saturated carbocycles. The van der Waals surface area contributed by atoms with Crippen LogP contribution in [0.5, 0.6) is 0 Å². The van der Waals surface area contributed by atoms with Crippen LogP contribution in [0.1, 0.15) is 11.3 Å². The molecule has 3 nitrogen and oxygen atoms in total. The molecule has 2 aromatic rings. The molecular formula is C12H14ClN3. The van der Waals surface area contributed by atoms with Crippen molar-refractivity contribution in [3.63, 3.8) is 0 Å². The maximum atomic E-state index is 5.95. The lowest BCUT2D eigenvalue weighted by atomic mass is 10.2. The Morgan fingerprint density at radius 2 is 2.31 bits per heavy atom. The number of rotatable bonds is 4. The third kappa shape index (κ3) is 2.62. The lowest BCUT2D eigenvalue weighted by molar-refractivity contribution is 0.693. The van der Waals surface area contributed by atoms with Crippen LogP contribution in [0.4, 0.5) is 0 Å². The highest BCUT2D eigenvalue weighted by Crippen LogP contribution is 2.12. The van der Waals surface area contributed by atoms with Crippen molar-refractivity contribution in [1.29, 1.82) is 0 Å². The van der Waals surface area contributed by atoms with Crippen molar-refractivity contribution in [1.82, 2.24) is 14.9 Å². The van der Waals surface area contributed by atoms with Crippen molar-refractivity contribution in [3.8, 4) is 0 Å². The third-order valence-corrected chi connectivity index (χ3v) is 2.63. The molecule has 0 aliphatic rings. The van der Waals surface area contributed by atoms with E-state index < -0.39 is 0 Å². The zero-order valence-electron chi connectivity index (χ0n) is 9.15. The van der Waals surface area contributed by atoms with Crippen LogP contribution in [0.25, 0.3) is 0 Å². The van der Waals surface area contributed by atoms with Crippen molar-refractivity contribution < 1.29 is 0 Å². The molecule has 1 N–H and O–H groups in total. The fraction of sp³-hybridized carbons (Fsp3) is 0.250. The van der Waals surface area contributed by atoms with E-state index in [9.17, 15) is 0 Å². The normalized spacial score (nSPS) is 10.6. The predicted octanol–water partition coefficient (Wildman–Crippen LogP) is 2.30. The van der Waals surface area contributed by atoms with E-state index in [1.54, 1.807) is 0 Å². The molecule has 0 aliphatic carbocycles. The van der Waals surface area contributed by atoms with E-state index in [1.165, 1.54) is 11.3 Å². The number of nitrogens with zero attached hydrogens (tertiary/aromatic N) is 2. The molecule has 0 unspecified atom stereocenters. The van der Waals surface area contributed by atoms with Crippen molar-refractivity contribution in [2.75, 3.05) is 7.05 Å². The molecule has 0 atom stereocenters. The number of hydrogen-bond acceptors (Lipinski definition) is 2. The van der Waals surface area contributed by atoms with Crippen molar-refractivity contribution in [2.24, 2.45) is 0 Å². The summed E-state index contributed by atoms with van der Waals surface area (Å²) in [6.45, 7) is 1.62. The van der Waals surface area contributed by atoms with Crippen LogP contribution in [0, 0.1) is 0 Å². The highest BCUT2D eigenvalue weighted by molar-refractivity contribution is 6.30. The summed E-state index contributed by atoms with van der Waals surface area (Å²) in [6.07, 6.45) is 3.72. The van der Waals surface area contributed by atoms with E-state index in [2.05, 4.69) is 20.9 Å². The van der Waals surface area contributed by atoms with Crippen LogP contribution in [0.3, 0.4) is 0 Å². The van der Waals surface area contributed by atoms with Gasteiger partial charge in [0.05, 0.1) is 12.0 Å². The Balaban J connectivity index is 2.17. The second-order valence-corrected chi connectivity index (χ2v) is 4.11. The Morgan fingerprint density at radius 1 is 1.44 bits per heavy atom. The van der Waals surface area contributed by atoms with Crippen LogP contribution in [0.2, 0.25) is 5.02 Å². The molecule has 0 amide bonds. The number of hydrogen-bond donors (Lipinski definition) is 1. The smallest absolute Gasteiger partial charge is 0.0951 e. The fourth-order valence-corrected chi connectivity index (χ4v) is 1.86. The topological polar surface area (TPSA) is 29.9 Å². The monoisotopic (exact) mass is 235 g/mol. The van der Waals surface area contributed by atoms with Gasteiger partial charge in [-0.3, -0.25) is 0 Å². The second kappa shape index (κ2) is 5.14. The van der Waals surface area contributed by atoms with Gasteiger partial charge in [0.2, 0.25) is 0 Å². The summed E-state index contributed by atoms with van der Waals surface area (Å²) >= 11 is 5.95. The summed E-state index contributed by atoms with van der Waals surface area (Å²) in [5, 5.41) is 3.89. The lowest BCUT2D eigenvalue weighted by Gasteiger charge is -2.08.